The van der Waals surface area contributed by atoms with Gasteiger partial charge in [-0.3, -0.25) is 10.2 Å². The van der Waals surface area contributed by atoms with E-state index in [2.05, 4.69) is 10.1 Å². The van der Waals surface area contributed by atoms with Crippen molar-refractivity contribution in [2.45, 2.75) is 6.61 Å². The van der Waals surface area contributed by atoms with Gasteiger partial charge in [-0.1, -0.05) is 41.9 Å². The number of sulfone groups is 1. The van der Waals surface area contributed by atoms with Gasteiger partial charge in [-0.05, 0) is 41.1 Å². The molecule has 2 aliphatic heterocycles. The highest BCUT2D eigenvalue weighted by atomic mass is 35.5. The minimum atomic E-state index is -3.61. The van der Waals surface area contributed by atoms with Gasteiger partial charge in [-0.25, -0.2) is 8.42 Å². The molecule has 0 atom stereocenters. The molecule has 0 spiro atoms. The number of rotatable bonds is 5. The van der Waals surface area contributed by atoms with Gasteiger partial charge in [0.15, 0.2) is 17.3 Å². The van der Waals surface area contributed by atoms with E-state index >= 15 is 0 Å². The number of fused-ring (bicyclic) bond motifs is 1. The van der Waals surface area contributed by atoms with Crippen LogP contribution in [0.3, 0.4) is 0 Å². The Labute approximate surface area is 199 Å². The average molecular weight is 505 g/mol. The van der Waals surface area contributed by atoms with Crippen LogP contribution in [0.25, 0.3) is 6.08 Å². The molecule has 0 saturated carbocycles. The molecule has 0 radical (unpaired) electrons. The monoisotopic (exact) mass is 504 g/mol. The van der Waals surface area contributed by atoms with E-state index < -0.39 is 15.7 Å². The summed E-state index contributed by atoms with van der Waals surface area (Å²) in [6.07, 6.45) is 2.41. The third-order valence-electron chi connectivity index (χ3n) is 4.54. The largest absolute Gasteiger partial charge is 0.493 e. The smallest absolute Gasteiger partial charge is 0.283 e. The number of aliphatic imine (C=N–C) groups is 1. The molecule has 2 heterocycles. The van der Waals surface area contributed by atoms with Gasteiger partial charge in [0.25, 0.3) is 5.91 Å². The zero-order valence-electron chi connectivity index (χ0n) is 17.4. The first-order valence-corrected chi connectivity index (χ1v) is 12.5. The maximum Gasteiger partial charge on any atom is 0.283 e. The Morgan fingerprint density at radius 2 is 1.97 bits per heavy atom. The van der Waals surface area contributed by atoms with Crippen molar-refractivity contribution >= 4 is 60.6 Å². The molecule has 0 aromatic heterocycles. The van der Waals surface area contributed by atoms with Crippen LogP contribution in [0, 0.1) is 5.41 Å². The molecule has 9 nitrogen and oxygen atoms in total. The molecule has 2 aromatic rings. The summed E-state index contributed by atoms with van der Waals surface area (Å²) < 4.78 is 34.6. The van der Waals surface area contributed by atoms with Crippen LogP contribution in [0.5, 0.6) is 11.5 Å². The Balaban J connectivity index is 1.64. The number of nitrogens with zero attached hydrogens (tertiary/aromatic N) is 3. The molecule has 2 aliphatic rings. The Hall–Kier alpha value is -3.15. The van der Waals surface area contributed by atoms with Crippen LogP contribution in [0.4, 0.5) is 0 Å². The first kappa shape index (κ1) is 23.0. The van der Waals surface area contributed by atoms with Crippen molar-refractivity contribution in [1.82, 2.24) is 5.01 Å². The van der Waals surface area contributed by atoms with Crippen molar-refractivity contribution in [2.75, 3.05) is 13.4 Å². The predicted octanol–water partition coefficient (Wildman–Crippen LogP) is 3.55. The van der Waals surface area contributed by atoms with Gasteiger partial charge in [0.05, 0.1) is 17.7 Å². The number of benzene rings is 2. The lowest BCUT2D eigenvalue weighted by Crippen LogP contribution is -2.35. The molecule has 1 amide bonds. The number of methoxy groups -OCH3 is 1. The molecular weight excluding hydrogens is 488 g/mol. The van der Waals surface area contributed by atoms with E-state index in [1.165, 1.54) is 13.2 Å². The van der Waals surface area contributed by atoms with Gasteiger partial charge in [0, 0.05) is 6.26 Å². The van der Waals surface area contributed by atoms with Crippen LogP contribution in [0.2, 0.25) is 5.02 Å². The summed E-state index contributed by atoms with van der Waals surface area (Å²) in [7, 11) is -2.14. The first-order chi connectivity index (χ1) is 15.7. The molecule has 12 heteroatoms. The maximum absolute atomic E-state index is 12.5. The SMILES string of the molecule is COc1cc(/C=C2/C(=N)N3N=C(S(C)(=O)=O)SC3=NC2=O)cc(Cl)c1OCc1ccccc1. The third kappa shape index (κ3) is 4.80. The molecular formula is C21H17ClN4O5S2. The summed E-state index contributed by atoms with van der Waals surface area (Å²) >= 11 is 7.15. The number of amidine groups is 2. The first-order valence-electron chi connectivity index (χ1n) is 9.42. The van der Waals surface area contributed by atoms with E-state index in [0.29, 0.717) is 17.1 Å². The second kappa shape index (κ2) is 9.00. The molecule has 0 aliphatic carbocycles. The van der Waals surface area contributed by atoms with Gasteiger partial charge in [-0.15, -0.1) is 5.10 Å². The average Bonchev–Trinajstić information content (AvgIpc) is 3.21. The summed E-state index contributed by atoms with van der Waals surface area (Å²) in [6.45, 7) is 0.283. The van der Waals surface area contributed by atoms with Crippen LogP contribution < -0.4 is 9.47 Å². The third-order valence-corrected chi connectivity index (χ3v) is 7.40. The fraction of sp³-hybridized carbons (Fsp3) is 0.143. The maximum atomic E-state index is 12.5. The number of ether oxygens (including phenoxy) is 2. The summed E-state index contributed by atoms with van der Waals surface area (Å²) in [6, 6.07) is 12.7. The second-order valence-corrected chi connectivity index (χ2v) is 10.5. The molecule has 0 bridgehead atoms. The molecule has 1 N–H and O–H groups in total. The minimum absolute atomic E-state index is 0.0165. The number of carbonyl (C=O) groups is 1. The van der Waals surface area contributed by atoms with E-state index in [1.54, 1.807) is 12.1 Å². The number of hydrogen-bond donors (Lipinski definition) is 1. The molecule has 2 aromatic carbocycles. The number of nitrogens with one attached hydrogen (secondary N) is 1. The van der Waals surface area contributed by atoms with Crippen molar-refractivity contribution in [3.63, 3.8) is 0 Å². The van der Waals surface area contributed by atoms with E-state index in [-0.39, 0.29) is 32.6 Å². The van der Waals surface area contributed by atoms with Crippen molar-refractivity contribution in [3.05, 3.63) is 64.2 Å². The zero-order valence-corrected chi connectivity index (χ0v) is 19.8. The number of carbonyl (C=O) groups excluding carboxylic acids is 1. The zero-order chi connectivity index (χ0) is 23.8. The Kier molecular flexibility index (Phi) is 6.28. The summed E-state index contributed by atoms with van der Waals surface area (Å²) in [5.41, 5.74) is 1.35. The van der Waals surface area contributed by atoms with E-state index in [0.717, 1.165) is 28.6 Å². The number of hydrazone groups is 1. The van der Waals surface area contributed by atoms with Gasteiger partial charge in [-0.2, -0.15) is 10.0 Å². The van der Waals surface area contributed by atoms with Crippen LogP contribution in [0.1, 0.15) is 11.1 Å². The lowest BCUT2D eigenvalue weighted by atomic mass is 10.1. The lowest BCUT2D eigenvalue weighted by Gasteiger charge is -2.20. The topological polar surface area (TPSA) is 121 Å². The number of halogens is 1. The highest BCUT2D eigenvalue weighted by molar-refractivity contribution is 8.42. The van der Waals surface area contributed by atoms with Crippen LogP contribution in [0.15, 0.2) is 58.1 Å². The van der Waals surface area contributed by atoms with Gasteiger partial charge < -0.3 is 9.47 Å². The van der Waals surface area contributed by atoms with Crippen LogP contribution in [-0.2, 0) is 21.2 Å². The van der Waals surface area contributed by atoms with Crippen LogP contribution >= 0.6 is 23.4 Å². The Bertz CT molecular complexity index is 1350. The van der Waals surface area contributed by atoms with Crippen molar-refractivity contribution in [1.29, 1.82) is 5.41 Å². The molecule has 0 saturated heterocycles. The van der Waals surface area contributed by atoms with E-state index in [9.17, 15) is 13.2 Å². The minimum Gasteiger partial charge on any atom is -0.493 e. The fourth-order valence-corrected chi connectivity index (χ4v) is 4.94. The molecule has 4 rings (SSSR count). The highest BCUT2D eigenvalue weighted by Gasteiger charge is 2.38. The van der Waals surface area contributed by atoms with Gasteiger partial charge >= 0.3 is 0 Å². The molecule has 0 unspecified atom stereocenters. The number of amides is 1. The number of hydrogen-bond acceptors (Lipinski definition) is 8. The highest BCUT2D eigenvalue weighted by Crippen LogP contribution is 2.38. The normalized spacial score (nSPS) is 17.1. The fourth-order valence-electron chi connectivity index (χ4n) is 2.98. The summed E-state index contributed by atoms with van der Waals surface area (Å²) in [5.74, 6) is -0.300. The second-order valence-electron chi connectivity index (χ2n) is 6.97. The molecule has 33 heavy (non-hydrogen) atoms. The molecule has 0 fully saturated rings. The number of thioether (sulfide) groups is 1. The Morgan fingerprint density at radius 3 is 2.64 bits per heavy atom. The van der Waals surface area contributed by atoms with Gasteiger partial charge in [0.1, 0.15) is 6.61 Å². The van der Waals surface area contributed by atoms with Crippen molar-refractivity contribution < 1.29 is 22.7 Å². The standard InChI is InChI=1S/C21H17ClN4O5S2/c1-30-16-10-13(9-15(22)17(16)31-11-12-6-4-3-5-7-12)8-14-18(23)26-20(24-19(14)27)32-21(25-26)33(2,28)29/h3-10,23H,11H2,1-2H3/b14-8-,23-18?. The predicted molar refractivity (Wildman–Crippen MR) is 129 cm³/mol. The summed E-state index contributed by atoms with van der Waals surface area (Å²) in [4.78, 5) is 16.4. The van der Waals surface area contributed by atoms with E-state index in [1.807, 2.05) is 30.3 Å². The summed E-state index contributed by atoms with van der Waals surface area (Å²) in [5, 5.41) is 13.6. The lowest BCUT2D eigenvalue weighted by molar-refractivity contribution is -0.114. The van der Waals surface area contributed by atoms with Crippen molar-refractivity contribution in [2.24, 2.45) is 10.1 Å². The Morgan fingerprint density at radius 1 is 1.24 bits per heavy atom. The molecule has 170 valence electrons. The van der Waals surface area contributed by atoms with Gasteiger partial charge in [0.2, 0.25) is 19.4 Å². The quantitative estimate of drug-likeness (QED) is 0.618. The van der Waals surface area contributed by atoms with Crippen molar-refractivity contribution in [3.8, 4) is 11.5 Å². The van der Waals surface area contributed by atoms with Crippen LogP contribution in [-0.4, -0.2) is 48.1 Å². The van der Waals surface area contributed by atoms with E-state index in [4.69, 9.17) is 26.5 Å².